The Morgan fingerprint density at radius 3 is 2.27 bits per heavy atom. The van der Waals surface area contributed by atoms with Crippen LogP contribution in [0.2, 0.25) is 0 Å². The van der Waals surface area contributed by atoms with Gasteiger partial charge in [0, 0.05) is 73.9 Å². The van der Waals surface area contributed by atoms with Crippen LogP contribution in [0.4, 0.5) is 11.4 Å². The van der Waals surface area contributed by atoms with E-state index in [0.717, 1.165) is 13.2 Å². The third kappa shape index (κ3) is 3.53. The highest BCUT2D eigenvalue weighted by Gasteiger charge is 2.79. The Labute approximate surface area is 332 Å². The molecule has 8 aliphatic heterocycles. The second kappa shape index (κ2) is 11.0. The highest BCUT2D eigenvalue weighted by atomic mass is 16.5. The molecule has 4 unspecified atom stereocenters. The average Bonchev–Trinajstić information content (AvgIpc) is 3.92. The second-order valence-electron chi connectivity index (χ2n) is 20.4. The molecule has 4 bridgehead atoms. The van der Waals surface area contributed by atoms with Crippen LogP contribution in [0.25, 0.3) is 0 Å². The minimum atomic E-state index is 0.0129. The summed E-state index contributed by atoms with van der Waals surface area (Å²) in [6, 6.07) is 22.5. The number of hydrogen-bond acceptors (Lipinski definition) is 4. The molecule has 2 saturated carbocycles. The molecule has 6 heteroatoms. The molecule has 14 rings (SSSR count). The smallest absolute Gasteiger partial charge is 0.136 e. The van der Waals surface area contributed by atoms with Crippen LogP contribution in [0.3, 0.4) is 0 Å². The Hall–Kier alpha value is -3.42. The number of quaternary nitrogens is 2. The Bertz CT molecular complexity index is 2220. The van der Waals surface area contributed by atoms with Gasteiger partial charge >= 0.3 is 0 Å². The maximum atomic E-state index is 10.8. The Morgan fingerprint density at radius 1 is 0.821 bits per heavy atom. The number of anilines is 2. The van der Waals surface area contributed by atoms with E-state index < -0.39 is 0 Å². The van der Waals surface area contributed by atoms with Crippen molar-refractivity contribution in [1.82, 2.24) is 0 Å². The number of rotatable bonds is 3. The fraction of sp³-hybridized carbons (Fsp3) is 0.560. The van der Waals surface area contributed by atoms with Crippen LogP contribution in [0.5, 0.6) is 0 Å². The lowest BCUT2D eigenvalue weighted by Gasteiger charge is -2.63. The number of aliphatic hydroxyl groups is 1. The van der Waals surface area contributed by atoms with E-state index in [1.165, 1.54) is 110 Å². The average molecular weight is 747 g/mol. The van der Waals surface area contributed by atoms with Gasteiger partial charge in [-0.05, 0) is 77.8 Å². The normalized spacial score (nSPS) is 49.3. The quantitative estimate of drug-likeness (QED) is 0.262. The van der Waals surface area contributed by atoms with E-state index in [2.05, 4.69) is 101 Å². The van der Waals surface area contributed by atoms with Crippen LogP contribution in [0.1, 0.15) is 75.3 Å². The molecule has 56 heavy (non-hydrogen) atoms. The first kappa shape index (κ1) is 32.5. The minimum absolute atomic E-state index is 0.0129. The fourth-order valence-corrected chi connectivity index (χ4v) is 17.7. The number of aliphatic hydroxyl groups excluding tert-OH is 1. The van der Waals surface area contributed by atoms with Gasteiger partial charge in [-0.25, -0.2) is 0 Å². The van der Waals surface area contributed by atoms with Crippen molar-refractivity contribution < 1.29 is 18.8 Å². The van der Waals surface area contributed by atoms with Crippen molar-refractivity contribution >= 4 is 11.4 Å². The van der Waals surface area contributed by atoms with Gasteiger partial charge in [-0.2, -0.15) is 0 Å². The van der Waals surface area contributed by atoms with Crippen molar-refractivity contribution in [1.29, 1.82) is 0 Å². The van der Waals surface area contributed by atoms with E-state index in [1.807, 2.05) is 0 Å². The molecule has 1 N–H and O–H groups in total. The molecule has 14 atom stereocenters. The molecule has 2 aromatic rings. The first-order chi connectivity index (χ1) is 27.6. The molecule has 4 aliphatic carbocycles. The molecular formula is C50H58N4O2+2. The Kier molecular flexibility index (Phi) is 6.38. The lowest BCUT2D eigenvalue weighted by atomic mass is 9.53. The van der Waals surface area contributed by atoms with Crippen LogP contribution >= 0.6 is 0 Å². The topological polar surface area (TPSA) is 35.9 Å². The van der Waals surface area contributed by atoms with Crippen molar-refractivity contribution in [2.24, 2.45) is 17.8 Å². The molecule has 0 amide bonds. The van der Waals surface area contributed by atoms with Crippen molar-refractivity contribution in [2.75, 3.05) is 49.2 Å². The standard InChI is InChI=1S/C50H58N4O2/c55-25-19-32-30-53(34-11-3-1-4-12-34)23-21-49-40-16-8-10-18-42(40)52-46(49)38(36(32)27-43(49)53)29-51-41-17-9-7-15-39(41)50-22-24-54(35-13-5-2-6-14-35)31-33-20-26-56-48(52)45(47(50)51)37(33)28-44(50)54/h3,5,7-11,13,15-20,29,34-37,43-48,55H,1-2,4,6,12,14,21-28,30-31H2/q+2/b32-19-,38-29-/t34?,35?,36-,37-,43-,44-,45+,46-,47-,48+,49+,50+,53?,54?/m0/s1. The van der Waals surface area contributed by atoms with E-state index in [1.54, 1.807) is 22.3 Å². The largest absolute Gasteiger partial charge is 0.392 e. The molecule has 2 spiro atoms. The van der Waals surface area contributed by atoms with Crippen molar-refractivity contribution in [3.8, 4) is 0 Å². The van der Waals surface area contributed by atoms with Gasteiger partial charge in [-0.1, -0.05) is 60.7 Å². The van der Waals surface area contributed by atoms with Crippen LogP contribution < -0.4 is 9.80 Å². The highest BCUT2D eigenvalue weighted by Crippen LogP contribution is 2.72. The SMILES string of the molecule is OC/C=C1/C[N+]2(C3C=CCCC3)CC[C@@]34c5ccccc5N5[C@@H]6OCC=C7C[N+]8(C9C=CCCC9)CC[C@]9%10c%11ccccc%11N(/C=C(/[C@H]1C[C@@H]32)[C@H]54)[C@H]9[C@H]6[C@H]7C[C@@H]%108. The second-order valence-corrected chi connectivity index (χ2v) is 20.4. The maximum absolute atomic E-state index is 10.8. The van der Waals surface area contributed by atoms with Crippen LogP contribution in [-0.2, 0) is 15.6 Å². The zero-order valence-corrected chi connectivity index (χ0v) is 32.9. The minimum Gasteiger partial charge on any atom is -0.392 e. The molecule has 4 saturated heterocycles. The predicted octanol–water partition coefficient (Wildman–Crippen LogP) is 7.42. The van der Waals surface area contributed by atoms with Crippen molar-refractivity contribution in [3.05, 3.63) is 119 Å². The lowest BCUT2D eigenvalue weighted by Crippen LogP contribution is -2.75. The number of nitrogens with zero attached hydrogens (tertiary/aromatic N) is 4. The van der Waals surface area contributed by atoms with Crippen molar-refractivity contribution in [3.63, 3.8) is 0 Å². The zero-order valence-electron chi connectivity index (χ0n) is 32.9. The van der Waals surface area contributed by atoms with Crippen LogP contribution in [-0.4, -0.2) is 95.9 Å². The monoisotopic (exact) mass is 746 g/mol. The van der Waals surface area contributed by atoms with Gasteiger partial charge in [0.2, 0.25) is 0 Å². The van der Waals surface area contributed by atoms with E-state index in [0.29, 0.717) is 48.0 Å². The van der Waals surface area contributed by atoms with Crippen LogP contribution in [0, 0.1) is 17.8 Å². The maximum Gasteiger partial charge on any atom is 0.136 e. The summed E-state index contributed by atoms with van der Waals surface area (Å²) in [5.74, 6) is 1.26. The van der Waals surface area contributed by atoms with E-state index in [9.17, 15) is 5.11 Å². The molecule has 0 aromatic heterocycles. The summed E-state index contributed by atoms with van der Waals surface area (Å²) in [5.41, 5.74) is 11.2. The number of fused-ring (bicyclic) bond motifs is 7. The van der Waals surface area contributed by atoms with E-state index in [4.69, 9.17) is 4.74 Å². The molecular weight excluding hydrogens is 689 g/mol. The van der Waals surface area contributed by atoms with E-state index in [-0.39, 0.29) is 29.7 Å². The summed E-state index contributed by atoms with van der Waals surface area (Å²) in [6.07, 6.45) is 30.7. The van der Waals surface area contributed by atoms with E-state index >= 15 is 0 Å². The summed E-state index contributed by atoms with van der Waals surface area (Å²) in [5, 5.41) is 10.8. The number of hydrogen-bond donors (Lipinski definition) is 1. The molecule has 6 fully saturated rings. The summed E-state index contributed by atoms with van der Waals surface area (Å²) in [7, 11) is 0. The first-order valence-electron chi connectivity index (χ1n) is 22.8. The number of benzene rings is 2. The fourth-order valence-electron chi connectivity index (χ4n) is 17.7. The van der Waals surface area contributed by atoms with Gasteiger partial charge < -0.3 is 28.6 Å². The first-order valence-corrected chi connectivity index (χ1v) is 22.8. The molecule has 0 radical (unpaired) electrons. The van der Waals surface area contributed by atoms with Gasteiger partial charge in [0.1, 0.15) is 43.5 Å². The molecule has 12 aliphatic rings. The lowest BCUT2D eigenvalue weighted by molar-refractivity contribution is -0.960. The zero-order chi connectivity index (χ0) is 36.6. The molecule has 2 aromatic carbocycles. The summed E-state index contributed by atoms with van der Waals surface area (Å²) in [6.45, 7) is 5.66. The molecule has 8 heterocycles. The predicted molar refractivity (Wildman–Crippen MR) is 220 cm³/mol. The number of ether oxygens (including phenoxy) is 1. The van der Waals surface area contributed by atoms with Gasteiger partial charge in [-0.15, -0.1) is 0 Å². The van der Waals surface area contributed by atoms with Gasteiger partial charge in [0.15, 0.2) is 0 Å². The number of para-hydroxylation sites is 2. The van der Waals surface area contributed by atoms with Gasteiger partial charge in [-0.3, -0.25) is 0 Å². The third-order valence-corrected chi connectivity index (χ3v) is 19.3. The van der Waals surface area contributed by atoms with Gasteiger partial charge in [0.25, 0.3) is 0 Å². The third-order valence-electron chi connectivity index (χ3n) is 19.3. The summed E-state index contributed by atoms with van der Waals surface area (Å²) < 4.78 is 10.1. The molecule has 6 nitrogen and oxygen atoms in total. The molecule has 288 valence electrons. The number of piperidine rings is 2. The van der Waals surface area contributed by atoms with Gasteiger partial charge in [0.05, 0.1) is 49.2 Å². The Morgan fingerprint density at radius 2 is 1.52 bits per heavy atom. The highest BCUT2D eigenvalue weighted by molar-refractivity contribution is 5.74. The summed E-state index contributed by atoms with van der Waals surface area (Å²) >= 11 is 0. The number of allylic oxidation sites excluding steroid dienone is 2. The van der Waals surface area contributed by atoms with Crippen molar-refractivity contribution in [2.45, 2.75) is 118 Å². The summed E-state index contributed by atoms with van der Waals surface area (Å²) in [4.78, 5) is 5.89. The van der Waals surface area contributed by atoms with Crippen LogP contribution in [0.15, 0.2) is 108 Å². The Balaban J connectivity index is 1.04.